The highest BCUT2D eigenvalue weighted by atomic mass is 79.9. The van der Waals surface area contributed by atoms with Crippen molar-refractivity contribution < 1.29 is 22.7 Å². The summed E-state index contributed by atoms with van der Waals surface area (Å²) in [5, 5.41) is 5.55. The summed E-state index contributed by atoms with van der Waals surface area (Å²) in [5.74, 6) is -0.581. The average Bonchev–Trinajstić information content (AvgIpc) is 2.56. The van der Waals surface area contributed by atoms with Crippen LogP contribution < -0.4 is 15.4 Å². The molecule has 0 spiro atoms. The van der Waals surface area contributed by atoms with E-state index in [0.717, 1.165) is 12.8 Å². The van der Waals surface area contributed by atoms with Crippen LogP contribution in [0.4, 0.5) is 18.9 Å². The predicted octanol–water partition coefficient (Wildman–Crippen LogP) is 3.43. The first-order chi connectivity index (χ1) is 9.85. The lowest BCUT2D eigenvalue weighted by molar-refractivity contribution is -0.274. The van der Waals surface area contributed by atoms with Crippen molar-refractivity contribution in [2.24, 2.45) is 0 Å². The van der Waals surface area contributed by atoms with E-state index in [1.807, 2.05) is 0 Å². The van der Waals surface area contributed by atoms with Crippen molar-refractivity contribution >= 4 is 27.5 Å². The molecule has 1 heterocycles. The fourth-order valence-electron chi connectivity index (χ4n) is 2.09. The number of anilines is 1. The van der Waals surface area contributed by atoms with E-state index < -0.39 is 12.4 Å². The van der Waals surface area contributed by atoms with Gasteiger partial charge >= 0.3 is 6.36 Å². The molecule has 2 rings (SSSR count). The van der Waals surface area contributed by atoms with Crippen molar-refractivity contribution in [3.05, 3.63) is 22.7 Å². The molecule has 1 aromatic rings. The smallest absolute Gasteiger partial charge is 0.404 e. The van der Waals surface area contributed by atoms with Crippen LogP contribution in [0.1, 0.15) is 19.3 Å². The number of amides is 1. The van der Waals surface area contributed by atoms with Gasteiger partial charge in [0.05, 0.1) is 5.69 Å². The molecule has 1 aliphatic heterocycles. The molecule has 0 saturated carbocycles. The first kappa shape index (κ1) is 15.9. The highest BCUT2D eigenvalue weighted by molar-refractivity contribution is 9.10. The van der Waals surface area contributed by atoms with Crippen LogP contribution in [0.2, 0.25) is 0 Å². The van der Waals surface area contributed by atoms with Gasteiger partial charge in [-0.05, 0) is 37.5 Å². The van der Waals surface area contributed by atoms with E-state index in [4.69, 9.17) is 0 Å². The molecule has 0 aliphatic carbocycles. The van der Waals surface area contributed by atoms with Gasteiger partial charge in [0.1, 0.15) is 6.04 Å². The van der Waals surface area contributed by atoms with Crippen LogP contribution in [0.15, 0.2) is 22.7 Å². The molecule has 0 aromatic heterocycles. The van der Waals surface area contributed by atoms with E-state index >= 15 is 0 Å². The molecular formula is C13H14BrF3N2O2. The third-order valence-electron chi connectivity index (χ3n) is 3.03. The molecule has 0 bridgehead atoms. The van der Waals surface area contributed by atoms with Crippen molar-refractivity contribution in [1.82, 2.24) is 5.32 Å². The Morgan fingerprint density at radius 1 is 1.33 bits per heavy atom. The number of halogens is 4. The Morgan fingerprint density at radius 3 is 2.81 bits per heavy atom. The third-order valence-corrected chi connectivity index (χ3v) is 3.53. The molecule has 4 nitrogen and oxygen atoms in total. The lowest BCUT2D eigenvalue weighted by Gasteiger charge is -2.20. The second kappa shape index (κ2) is 6.55. The lowest BCUT2D eigenvalue weighted by Crippen LogP contribution is -2.38. The van der Waals surface area contributed by atoms with Crippen LogP contribution in [0.25, 0.3) is 0 Å². The van der Waals surface area contributed by atoms with E-state index in [-0.39, 0.29) is 17.3 Å². The molecular weight excluding hydrogens is 353 g/mol. The number of hydrogen-bond acceptors (Lipinski definition) is 3. The Hall–Kier alpha value is -1.44. The second-order valence-electron chi connectivity index (χ2n) is 4.67. The summed E-state index contributed by atoms with van der Waals surface area (Å²) in [5.41, 5.74) is 0.137. The van der Waals surface area contributed by atoms with Gasteiger partial charge in [-0.1, -0.05) is 15.9 Å². The zero-order valence-electron chi connectivity index (χ0n) is 11.0. The monoisotopic (exact) mass is 366 g/mol. The van der Waals surface area contributed by atoms with Gasteiger partial charge in [0, 0.05) is 11.0 Å². The number of carbonyl (C=O) groups is 1. The molecule has 1 saturated heterocycles. The molecule has 1 aromatic carbocycles. The number of alkyl halides is 3. The minimum absolute atomic E-state index is 0.137. The fourth-order valence-corrected chi connectivity index (χ4v) is 2.43. The number of benzene rings is 1. The predicted molar refractivity (Wildman–Crippen MR) is 75.1 cm³/mol. The molecule has 2 N–H and O–H groups in total. The zero-order chi connectivity index (χ0) is 15.5. The van der Waals surface area contributed by atoms with Crippen molar-refractivity contribution in [3.8, 4) is 5.75 Å². The zero-order valence-corrected chi connectivity index (χ0v) is 12.6. The highest BCUT2D eigenvalue weighted by Gasteiger charge is 2.33. The maximum absolute atomic E-state index is 12.4. The molecule has 1 unspecified atom stereocenters. The van der Waals surface area contributed by atoms with Crippen molar-refractivity contribution in [3.63, 3.8) is 0 Å². The van der Waals surface area contributed by atoms with Gasteiger partial charge in [-0.3, -0.25) is 4.79 Å². The molecule has 0 radical (unpaired) electrons. The molecule has 21 heavy (non-hydrogen) atoms. The van der Waals surface area contributed by atoms with Gasteiger partial charge in [0.15, 0.2) is 5.75 Å². The van der Waals surface area contributed by atoms with Gasteiger partial charge in [-0.25, -0.2) is 0 Å². The number of hydrogen-bond donors (Lipinski definition) is 2. The Balaban J connectivity index is 2.20. The number of rotatable bonds is 3. The van der Waals surface area contributed by atoms with Gasteiger partial charge in [-0.15, -0.1) is 13.2 Å². The van der Waals surface area contributed by atoms with Gasteiger partial charge in [-0.2, -0.15) is 0 Å². The van der Waals surface area contributed by atoms with E-state index in [2.05, 4.69) is 31.3 Å². The summed E-state index contributed by atoms with van der Waals surface area (Å²) < 4.78 is 41.7. The van der Waals surface area contributed by atoms with Crippen molar-refractivity contribution in [2.45, 2.75) is 31.7 Å². The third kappa shape index (κ3) is 4.80. The normalized spacial score (nSPS) is 19.6. The molecule has 1 atom stereocenters. The summed E-state index contributed by atoms with van der Waals surface area (Å²) in [6, 6.07) is 3.68. The standard InChI is InChI=1S/C13H14BrF3N2O2/c14-8-4-5-9(11(7-8)21-13(15,16)17)19-10-3-1-2-6-18-12(10)20/h4-5,7,10,19H,1-3,6H2,(H,18,20). The lowest BCUT2D eigenvalue weighted by atomic mass is 10.1. The van der Waals surface area contributed by atoms with Gasteiger partial charge < -0.3 is 15.4 Å². The minimum Gasteiger partial charge on any atom is -0.404 e. The number of nitrogens with one attached hydrogen (secondary N) is 2. The van der Waals surface area contributed by atoms with E-state index in [1.54, 1.807) is 6.07 Å². The molecule has 116 valence electrons. The van der Waals surface area contributed by atoms with Gasteiger partial charge in [0.2, 0.25) is 5.91 Å². The van der Waals surface area contributed by atoms with Crippen LogP contribution >= 0.6 is 15.9 Å². The number of ether oxygens (including phenoxy) is 1. The summed E-state index contributed by atoms with van der Waals surface area (Å²) >= 11 is 3.10. The maximum atomic E-state index is 12.4. The Labute approximate surface area is 128 Å². The molecule has 1 aliphatic rings. The Bertz CT molecular complexity index is 523. The first-order valence-corrected chi connectivity index (χ1v) is 7.24. The maximum Gasteiger partial charge on any atom is 0.573 e. The summed E-state index contributed by atoms with van der Waals surface area (Å²) in [7, 11) is 0. The van der Waals surface area contributed by atoms with Crippen LogP contribution in [-0.2, 0) is 4.79 Å². The van der Waals surface area contributed by atoms with E-state index in [1.165, 1.54) is 12.1 Å². The summed E-state index contributed by atoms with van der Waals surface area (Å²) in [6.07, 6.45) is -2.55. The van der Waals surface area contributed by atoms with E-state index in [9.17, 15) is 18.0 Å². The summed E-state index contributed by atoms with van der Waals surface area (Å²) in [4.78, 5) is 11.8. The molecule has 1 amide bonds. The Morgan fingerprint density at radius 2 is 2.10 bits per heavy atom. The van der Waals surface area contributed by atoms with Gasteiger partial charge in [0.25, 0.3) is 0 Å². The first-order valence-electron chi connectivity index (χ1n) is 6.45. The Kier molecular flexibility index (Phi) is 4.97. The average molecular weight is 367 g/mol. The van der Waals surface area contributed by atoms with Crippen molar-refractivity contribution in [2.75, 3.05) is 11.9 Å². The largest absolute Gasteiger partial charge is 0.573 e. The highest BCUT2D eigenvalue weighted by Crippen LogP contribution is 2.33. The topological polar surface area (TPSA) is 50.4 Å². The SMILES string of the molecule is O=C1NCCCCC1Nc1ccc(Br)cc1OC(F)(F)F. The van der Waals surface area contributed by atoms with E-state index in [0.29, 0.717) is 17.4 Å². The fraction of sp³-hybridized carbons (Fsp3) is 0.462. The van der Waals surface area contributed by atoms with Crippen molar-refractivity contribution in [1.29, 1.82) is 0 Å². The minimum atomic E-state index is -4.79. The molecule has 8 heteroatoms. The van der Waals surface area contributed by atoms with Crippen LogP contribution in [-0.4, -0.2) is 24.9 Å². The quantitative estimate of drug-likeness (QED) is 0.861. The second-order valence-corrected chi connectivity index (χ2v) is 5.59. The van der Waals surface area contributed by atoms with Crippen LogP contribution in [0.3, 0.4) is 0 Å². The van der Waals surface area contributed by atoms with Crippen LogP contribution in [0, 0.1) is 0 Å². The van der Waals surface area contributed by atoms with Crippen LogP contribution in [0.5, 0.6) is 5.75 Å². The molecule has 1 fully saturated rings. The summed E-state index contributed by atoms with van der Waals surface area (Å²) in [6.45, 7) is 0.587. The number of carbonyl (C=O) groups excluding carboxylic acids is 1.